The predicted octanol–water partition coefficient (Wildman–Crippen LogP) is 3.38. The molecule has 0 unspecified atom stereocenters. The first-order valence-electron chi connectivity index (χ1n) is 19.6. The number of carbonyl (C=O) groups is 5. The minimum atomic E-state index is -1.00. The van der Waals surface area contributed by atoms with Crippen molar-refractivity contribution < 1.29 is 28.8 Å². The Bertz CT molecular complexity index is 1750. The van der Waals surface area contributed by atoms with Crippen LogP contribution in [0.2, 0.25) is 0 Å². The van der Waals surface area contributed by atoms with Crippen molar-refractivity contribution in [3.63, 3.8) is 0 Å². The van der Waals surface area contributed by atoms with Gasteiger partial charge in [-0.15, -0.1) is 11.3 Å². The number of hydrogen-bond donors (Lipinski definition) is 5. The van der Waals surface area contributed by atoms with E-state index in [9.17, 15) is 24.0 Å². The molecule has 0 radical (unpaired) electrons. The van der Waals surface area contributed by atoms with Gasteiger partial charge in [0.25, 0.3) is 0 Å². The van der Waals surface area contributed by atoms with Gasteiger partial charge in [-0.25, -0.2) is 4.98 Å². The molecule has 0 aliphatic carbocycles. The molecule has 15 nitrogen and oxygen atoms in total. The van der Waals surface area contributed by atoms with Crippen molar-refractivity contribution in [1.82, 2.24) is 36.5 Å². The Balaban J connectivity index is 1.72. The molecule has 1 fully saturated rings. The number of aromatic nitrogens is 1. The fraction of sp³-hybridized carbons (Fsp3) is 0.610. The van der Waals surface area contributed by atoms with Gasteiger partial charge in [-0.2, -0.15) is 0 Å². The van der Waals surface area contributed by atoms with Crippen LogP contribution in [0, 0.1) is 22.7 Å². The van der Waals surface area contributed by atoms with Crippen LogP contribution in [0.5, 0.6) is 0 Å². The zero-order valence-corrected chi connectivity index (χ0v) is 35.7. The number of rotatable bonds is 12. The molecule has 312 valence electrons. The van der Waals surface area contributed by atoms with Crippen molar-refractivity contribution in [2.75, 3.05) is 20.2 Å². The van der Waals surface area contributed by atoms with Crippen molar-refractivity contribution in [2.24, 2.45) is 32.8 Å². The van der Waals surface area contributed by atoms with Crippen molar-refractivity contribution >= 4 is 52.9 Å². The first-order chi connectivity index (χ1) is 26.8. The molecule has 5 N–H and O–H groups in total. The first-order valence-corrected chi connectivity index (χ1v) is 20.5. The van der Waals surface area contributed by atoms with Crippen LogP contribution in [-0.2, 0) is 35.2 Å². The molecule has 4 rings (SSSR count). The summed E-state index contributed by atoms with van der Waals surface area (Å²) in [5, 5.41) is 21.8. The number of amidine groups is 1. The normalized spacial score (nSPS) is 22.6. The number of amides is 5. The summed E-state index contributed by atoms with van der Waals surface area (Å²) in [7, 11) is 1.44. The van der Waals surface area contributed by atoms with Crippen LogP contribution in [0.25, 0.3) is 0 Å². The topological polar surface area (TPSA) is 196 Å². The quantitative estimate of drug-likeness (QED) is 0.159. The number of aliphatic imine (C=N–C) groups is 1. The summed E-state index contributed by atoms with van der Waals surface area (Å²) >= 11 is 1.39. The van der Waals surface area contributed by atoms with E-state index in [0.29, 0.717) is 24.4 Å². The summed E-state index contributed by atoms with van der Waals surface area (Å²) in [5.74, 6) is -2.14. The molecule has 2 aliphatic heterocycles. The van der Waals surface area contributed by atoms with Crippen molar-refractivity contribution in [3.05, 3.63) is 52.5 Å². The van der Waals surface area contributed by atoms with E-state index in [1.165, 1.54) is 18.4 Å². The molecule has 57 heavy (non-hydrogen) atoms. The van der Waals surface area contributed by atoms with Crippen molar-refractivity contribution in [1.29, 1.82) is 0 Å². The Kier molecular flexibility index (Phi) is 15.4. The Morgan fingerprint density at radius 1 is 1.04 bits per heavy atom. The highest BCUT2D eigenvalue weighted by Crippen LogP contribution is 2.28. The summed E-state index contributed by atoms with van der Waals surface area (Å²) in [5.41, 5.74) is -0.593. The van der Waals surface area contributed by atoms with E-state index in [1.807, 2.05) is 98.0 Å². The maximum absolute atomic E-state index is 14.7. The van der Waals surface area contributed by atoms with Gasteiger partial charge in [0.1, 0.15) is 48.7 Å². The van der Waals surface area contributed by atoms with Gasteiger partial charge in [-0.3, -0.25) is 29.0 Å². The predicted molar refractivity (Wildman–Crippen MR) is 221 cm³/mol. The molecule has 2 aromatic rings. The molecule has 16 heteroatoms. The average Bonchev–Trinajstić information content (AvgIpc) is 3.81. The van der Waals surface area contributed by atoms with E-state index in [-0.39, 0.29) is 42.5 Å². The molecule has 3 heterocycles. The van der Waals surface area contributed by atoms with E-state index in [4.69, 9.17) is 9.83 Å². The number of hydrogen-bond acceptors (Lipinski definition) is 11. The largest absolute Gasteiger partial charge is 0.399 e. The highest BCUT2D eigenvalue weighted by molar-refractivity contribution is 7.09. The molecule has 7 atom stereocenters. The zero-order chi connectivity index (χ0) is 42.1. The third-order valence-corrected chi connectivity index (χ3v) is 11.2. The van der Waals surface area contributed by atoms with Crippen molar-refractivity contribution in [2.45, 2.75) is 118 Å². The number of benzene rings is 1. The molecular formula is C41H61N9O6S. The highest BCUT2D eigenvalue weighted by Gasteiger charge is 2.44. The minimum absolute atomic E-state index is 0.109. The van der Waals surface area contributed by atoms with E-state index in [0.717, 1.165) is 5.56 Å². The van der Waals surface area contributed by atoms with Crippen LogP contribution >= 0.6 is 11.3 Å². The third kappa shape index (κ3) is 12.1. The number of thiazole rings is 1. The summed E-state index contributed by atoms with van der Waals surface area (Å²) < 4.78 is 0. The smallest absolute Gasteiger partial charge is 0.244 e. The van der Waals surface area contributed by atoms with Gasteiger partial charge in [0.15, 0.2) is 0 Å². The summed E-state index contributed by atoms with van der Waals surface area (Å²) in [6, 6.07) is 4.45. The Hall–Kier alpha value is -4.86. The molecule has 0 spiro atoms. The van der Waals surface area contributed by atoms with Crippen LogP contribution in [0.1, 0.15) is 91.8 Å². The molecule has 1 aromatic heterocycles. The monoisotopic (exact) mass is 807 g/mol. The molecule has 0 bridgehead atoms. The van der Waals surface area contributed by atoms with Gasteiger partial charge in [-0.1, -0.05) is 97.8 Å². The second-order valence-electron chi connectivity index (χ2n) is 17.4. The van der Waals surface area contributed by atoms with Gasteiger partial charge < -0.3 is 36.3 Å². The lowest BCUT2D eigenvalue weighted by molar-refractivity contribution is -0.140. The second kappa shape index (κ2) is 19.5. The first kappa shape index (κ1) is 44.8. The van der Waals surface area contributed by atoms with E-state index in [1.54, 1.807) is 17.3 Å². The average molecular weight is 808 g/mol. The fourth-order valence-electron chi connectivity index (χ4n) is 7.05. The third-order valence-electron chi connectivity index (χ3n) is 10.3. The molecule has 1 saturated heterocycles. The standard InChI is InChI=1S/C41H61N9O6S/c1-24(2)30-36(53)49-32(40(4,5)6)34(43-23-29(51)50-20-17-25(3)31(50)37(54)47-30)48-33(41(7,8)9)38(55)46-28(22-26-14-12-11-13-15-26)35(52)45-27(16-18-44-56-10)39-42-19-21-57-39/h11-15,18-19,21,24-25,27-28,30-33H,16-17,20,22-23H2,1-10H3,(H,43,48)(H,45,52)(H,46,55)(H,47,54)(H,49,53)/b44-18+/t25-,27+,28+,30+,31+,32-,33+/m1/s1. The Morgan fingerprint density at radius 3 is 2.33 bits per heavy atom. The van der Waals surface area contributed by atoms with Crippen molar-refractivity contribution in [3.8, 4) is 0 Å². The van der Waals surface area contributed by atoms with Gasteiger partial charge in [0.05, 0.1) is 12.1 Å². The molecule has 1 aromatic carbocycles. The Labute approximate surface area is 340 Å². The van der Waals surface area contributed by atoms with Gasteiger partial charge in [-0.05, 0) is 34.7 Å². The van der Waals surface area contributed by atoms with E-state index < -0.39 is 64.8 Å². The zero-order valence-electron chi connectivity index (χ0n) is 34.9. The maximum Gasteiger partial charge on any atom is 0.244 e. The molecule has 0 saturated carbocycles. The van der Waals surface area contributed by atoms with Gasteiger partial charge in [0, 0.05) is 37.2 Å². The second-order valence-corrected chi connectivity index (χ2v) is 18.3. The number of fused-ring (bicyclic) bond motifs is 1. The number of oxime groups is 1. The lowest BCUT2D eigenvalue weighted by atomic mass is 9.82. The summed E-state index contributed by atoms with van der Waals surface area (Å²) in [4.78, 5) is 86.0. The van der Waals surface area contributed by atoms with Crippen LogP contribution < -0.4 is 26.6 Å². The number of carbonyl (C=O) groups excluding carboxylic acids is 5. The fourth-order valence-corrected chi connectivity index (χ4v) is 7.75. The van der Waals surface area contributed by atoms with Crippen LogP contribution in [0.4, 0.5) is 0 Å². The lowest BCUT2D eigenvalue weighted by Gasteiger charge is -2.39. The molecular weight excluding hydrogens is 747 g/mol. The minimum Gasteiger partial charge on any atom is -0.399 e. The summed E-state index contributed by atoms with van der Waals surface area (Å²) in [6.45, 7) is 17.1. The number of nitrogens with one attached hydrogen (secondary N) is 5. The van der Waals surface area contributed by atoms with E-state index in [2.05, 4.69) is 36.7 Å². The molecule has 5 amide bonds. The lowest BCUT2D eigenvalue weighted by Crippen LogP contribution is -2.64. The SMILES string of the molecule is CO/N=C/C[C@H](NC(=O)[C@H](Cc1ccccc1)NC(=O)[C@H](NC1=NCC(=O)N2CC[C@@H](C)[C@H]2C(=O)N[C@@H](C(C)C)C(=O)N[C@H]1C(C)(C)C)C(C)(C)C)c1nccs1. The van der Waals surface area contributed by atoms with Crippen LogP contribution in [0.15, 0.2) is 52.1 Å². The molecule has 2 aliphatic rings. The maximum atomic E-state index is 14.7. The van der Waals surface area contributed by atoms with Crippen LogP contribution in [-0.4, -0.2) is 102 Å². The Morgan fingerprint density at radius 2 is 1.74 bits per heavy atom. The summed E-state index contributed by atoms with van der Waals surface area (Å²) in [6.07, 6.45) is 4.35. The number of nitrogens with zero attached hydrogens (tertiary/aromatic N) is 4. The van der Waals surface area contributed by atoms with Gasteiger partial charge >= 0.3 is 0 Å². The van der Waals surface area contributed by atoms with Crippen LogP contribution in [0.3, 0.4) is 0 Å². The highest BCUT2D eigenvalue weighted by atomic mass is 32.1. The van der Waals surface area contributed by atoms with E-state index >= 15 is 0 Å². The van der Waals surface area contributed by atoms with Gasteiger partial charge in [0.2, 0.25) is 29.5 Å².